The zero-order valence-electron chi connectivity index (χ0n) is 10.8. The Morgan fingerprint density at radius 3 is 2.59 bits per heavy atom. The molecule has 0 saturated heterocycles. The van der Waals surface area contributed by atoms with Crippen molar-refractivity contribution in [2.24, 2.45) is 0 Å². The minimum absolute atomic E-state index is 0.0107. The predicted molar refractivity (Wildman–Crippen MR) is 68.9 cm³/mol. The minimum Gasteiger partial charge on any atom is -0.336 e. The minimum atomic E-state index is 0.0107. The van der Waals surface area contributed by atoms with Crippen LogP contribution in [-0.2, 0) is 6.42 Å². The molecular weight excluding hydrogens is 214 g/mol. The lowest BCUT2D eigenvalue weighted by Crippen LogP contribution is -2.43. The van der Waals surface area contributed by atoms with Crippen LogP contribution in [0.15, 0.2) is 24.5 Å². The molecular formula is C13H21N3O. The molecule has 0 saturated carbocycles. The molecule has 17 heavy (non-hydrogen) atoms. The Balaban J connectivity index is 2.45. The molecule has 0 aliphatic carbocycles. The van der Waals surface area contributed by atoms with E-state index in [-0.39, 0.29) is 12.1 Å². The van der Waals surface area contributed by atoms with E-state index in [4.69, 9.17) is 0 Å². The van der Waals surface area contributed by atoms with E-state index in [0.717, 1.165) is 19.5 Å². The summed E-state index contributed by atoms with van der Waals surface area (Å²) in [5.41, 5.74) is 1.20. The normalized spacial score (nSPS) is 10.4. The lowest BCUT2D eigenvalue weighted by atomic mass is 10.2. The number of carbonyl (C=O) groups is 1. The second-order valence-electron chi connectivity index (χ2n) is 4.29. The van der Waals surface area contributed by atoms with Crippen LogP contribution in [0.5, 0.6) is 0 Å². The number of likely N-dealkylation sites (N-methyl/N-ethyl adjacent to an activating group) is 1. The summed E-state index contributed by atoms with van der Waals surface area (Å²) in [4.78, 5) is 17.6. The summed E-state index contributed by atoms with van der Waals surface area (Å²) in [6, 6.07) is 4.15. The molecule has 0 aliphatic heterocycles. The summed E-state index contributed by atoms with van der Waals surface area (Å²) in [5.74, 6) is 0. The summed E-state index contributed by atoms with van der Waals surface area (Å²) in [7, 11) is 0. The molecule has 1 heterocycles. The maximum absolute atomic E-state index is 11.8. The number of nitrogens with zero attached hydrogens (tertiary/aromatic N) is 2. The Kier molecular flexibility index (Phi) is 5.46. The van der Waals surface area contributed by atoms with Crippen LogP contribution >= 0.6 is 0 Å². The fourth-order valence-corrected chi connectivity index (χ4v) is 1.56. The van der Waals surface area contributed by atoms with Gasteiger partial charge in [-0.2, -0.15) is 0 Å². The molecule has 94 valence electrons. The predicted octanol–water partition coefficient (Wildman–Crippen LogP) is 2.06. The van der Waals surface area contributed by atoms with Crippen molar-refractivity contribution in [3.8, 4) is 0 Å². The first-order valence-electron chi connectivity index (χ1n) is 6.07. The van der Waals surface area contributed by atoms with Crippen molar-refractivity contribution in [3.63, 3.8) is 0 Å². The summed E-state index contributed by atoms with van der Waals surface area (Å²) >= 11 is 0. The molecule has 2 amide bonds. The van der Waals surface area contributed by atoms with Crippen LogP contribution in [0.3, 0.4) is 0 Å². The van der Waals surface area contributed by atoms with Crippen LogP contribution in [-0.4, -0.2) is 35.0 Å². The van der Waals surface area contributed by atoms with Crippen molar-refractivity contribution in [1.29, 1.82) is 0 Å². The van der Waals surface area contributed by atoms with Crippen LogP contribution in [0.4, 0.5) is 4.79 Å². The van der Waals surface area contributed by atoms with Gasteiger partial charge in [-0.1, -0.05) is 0 Å². The highest BCUT2D eigenvalue weighted by Gasteiger charge is 2.11. The first-order valence-corrected chi connectivity index (χ1v) is 6.07. The van der Waals surface area contributed by atoms with Gasteiger partial charge in [-0.25, -0.2) is 4.79 Å². The van der Waals surface area contributed by atoms with Crippen LogP contribution in [0.25, 0.3) is 0 Å². The fraction of sp³-hybridized carbons (Fsp3) is 0.538. The standard InChI is InChI=1S/C13H21N3O/c1-4-16(13(17)15-11(2)3)10-7-12-5-8-14-9-6-12/h5-6,8-9,11H,4,7,10H2,1-3H3,(H,15,17). The van der Waals surface area contributed by atoms with E-state index in [1.54, 1.807) is 12.4 Å². The van der Waals surface area contributed by atoms with E-state index in [1.165, 1.54) is 5.56 Å². The monoisotopic (exact) mass is 235 g/mol. The third-order valence-corrected chi connectivity index (χ3v) is 2.50. The SMILES string of the molecule is CCN(CCc1ccncc1)C(=O)NC(C)C. The van der Waals surface area contributed by atoms with Gasteiger partial charge >= 0.3 is 6.03 Å². The first-order chi connectivity index (χ1) is 8.13. The molecule has 0 unspecified atom stereocenters. The molecule has 1 N–H and O–H groups in total. The van der Waals surface area contributed by atoms with Crippen LogP contribution in [0.2, 0.25) is 0 Å². The van der Waals surface area contributed by atoms with Gasteiger partial charge in [-0.05, 0) is 44.9 Å². The number of rotatable bonds is 5. The Bertz CT molecular complexity index is 338. The van der Waals surface area contributed by atoms with Crippen LogP contribution in [0, 0.1) is 0 Å². The second kappa shape index (κ2) is 6.89. The van der Waals surface area contributed by atoms with Gasteiger partial charge in [0, 0.05) is 31.5 Å². The molecule has 1 aromatic rings. The molecule has 4 nitrogen and oxygen atoms in total. The fourth-order valence-electron chi connectivity index (χ4n) is 1.56. The van der Waals surface area contributed by atoms with E-state index in [2.05, 4.69) is 10.3 Å². The number of nitrogens with one attached hydrogen (secondary N) is 1. The molecule has 1 aromatic heterocycles. The molecule has 0 atom stereocenters. The zero-order chi connectivity index (χ0) is 12.7. The molecule has 1 rings (SSSR count). The van der Waals surface area contributed by atoms with Crippen molar-refractivity contribution in [2.45, 2.75) is 33.2 Å². The zero-order valence-corrected chi connectivity index (χ0v) is 10.8. The highest BCUT2D eigenvalue weighted by atomic mass is 16.2. The number of hydrogen-bond donors (Lipinski definition) is 1. The van der Waals surface area contributed by atoms with Gasteiger partial charge in [0.05, 0.1) is 0 Å². The highest BCUT2D eigenvalue weighted by molar-refractivity contribution is 5.74. The van der Waals surface area contributed by atoms with Gasteiger partial charge in [0.1, 0.15) is 0 Å². The summed E-state index contributed by atoms with van der Waals surface area (Å²) in [6.45, 7) is 7.39. The quantitative estimate of drug-likeness (QED) is 0.849. The summed E-state index contributed by atoms with van der Waals surface area (Å²) in [6.07, 6.45) is 4.42. The van der Waals surface area contributed by atoms with Crippen LogP contribution < -0.4 is 5.32 Å². The number of pyridine rings is 1. The smallest absolute Gasteiger partial charge is 0.317 e. The average Bonchev–Trinajstić information content (AvgIpc) is 2.30. The van der Waals surface area contributed by atoms with Gasteiger partial charge in [0.15, 0.2) is 0 Å². The van der Waals surface area contributed by atoms with Crippen molar-refractivity contribution < 1.29 is 4.79 Å². The molecule has 4 heteroatoms. The van der Waals surface area contributed by atoms with Crippen molar-refractivity contribution >= 4 is 6.03 Å². The Labute approximate surface area is 103 Å². The van der Waals surface area contributed by atoms with E-state index >= 15 is 0 Å². The first kappa shape index (κ1) is 13.5. The number of amides is 2. The van der Waals surface area contributed by atoms with Crippen molar-refractivity contribution in [1.82, 2.24) is 15.2 Å². The Hall–Kier alpha value is -1.58. The van der Waals surface area contributed by atoms with E-state index in [0.29, 0.717) is 0 Å². The van der Waals surface area contributed by atoms with Crippen LogP contribution in [0.1, 0.15) is 26.3 Å². The molecule has 0 fully saturated rings. The summed E-state index contributed by atoms with van der Waals surface area (Å²) in [5, 5.41) is 2.90. The molecule has 0 aromatic carbocycles. The van der Waals surface area contributed by atoms with Crippen molar-refractivity contribution in [2.75, 3.05) is 13.1 Å². The maximum atomic E-state index is 11.8. The Morgan fingerprint density at radius 1 is 1.41 bits per heavy atom. The lowest BCUT2D eigenvalue weighted by Gasteiger charge is -2.22. The van der Waals surface area contributed by atoms with E-state index in [9.17, 15) is 4.79 Å². The third kappa shape index (κ3) is 4.85. The maximum Gasteiger partial charge on any atom is 0.317 e. The molecule has 0 bridgehead atoms. The second-order valence-corrected chi connectivity index (χ2v) is 4.29. The summed E-state index contributed by atoms with van der Waals surface area (Å²) < 4.78 is 0. The Morgan fingerprint density at radius 2 is 2.06 bits per heavy atom. The van der Waals surface area contributed by atoms with Gasteiger partial charge in [0.2, 0.25) is 0 Å². The largest absolute Gasteiger partial charge is 0.336 e. The number of carbonyl (C=O) groups excluding carboxylic acids is 1. The lowest BCUT2D eigenvalue weighted by molar-refractivity contribution is 0.198. The number of urea groups is 1. The van der Waals surface area contributed by atoms with E-state index < -0.39 is 0 Å². The van der Waals surface area contributed by atoms with Gasteiger partial charge in [-0.3, -0.25) is 4.98 Å². The molecule has 0 aliphatic rings. The molecule has 0 spiro atoms. The third-order valence-electron chi connectivity index (χ3n) is 2.50. The van der Waals surface area contributed by atoms with E-state index in [1.807, 2.05) is 37.8 Å². The van der Waals surface area contributed by atoms with Crippen molar-refractivity contribution in [3.05, 3.63) is 30.1 Å². The topological polar surface area (TPSA) is 45.2 Å². The average molecular weight is 235 g/mol. The molecule has 0 radical (unpaired) electrons. The van der Waals surface area contributed by atoms with Gasteiger partial charge in [0.25, 0.3) is 0 Å². The number of hydrogen-bond acceptors (Lipinski definition) is 2. The highest BCUT2D eigenvalue weighted by Crippen LogP contribution is 2.00. The van der Waals surface area contributed by atoms with Gasteiger partial charge < -0.3 is 10.2 Å². The van der Waals surface area contributed by atoms with Gasteiger partial charge in [-0.15, -0.1) is 0 Å². The number of aromatic nitrogens is 1.